The summed E-state index contributed by atoms with van der Waals surface area (Å²) in [6.45, 7) is 5.90. The minimum Gasteiger partial charge on any atom is -0.444 e. The summed E-state index contributed by atoms with van der Waals surface area (Å²) in [5.74, 6) is -0.114. The standard InChI is InChI=1S/C16H22Cl2N2O3/c1-16(2,3)23-15(22)19-9-8-13(21)20(4)10-11-6-5-7-12(17)14(11)18/h5-7H,8-10H2,1-4H3,(H,19,22). The van der Waals surface area contributed by atoms with Gasteiger partial charge in [-0.2, -0.15) is 0 Å². The van der Waals surface area contributed by atoms with E-state index in [2.05, 4.69) is 5.32 Å². The second kappa shape index (κ2) is 8.41. The van der Waals surface area contributed by atoms with Crippen molar-refractivity contribution in [2.45, 2.75) is 39.3 Å². The number of carbonyl (C=O) groups excluding carboxylic acids is 2. The van der Waals surface area contributed by atoms with Crippen LogP contribution in [0.1, 0.15) is 32.8 Å². The lowest BCUT2D eigenvalue weighted by atomic mass is 10.2. The van der Waals surface area contributed by atoms with Gasteiger partial charge in [0.2, 0.25) is 5.91 Å². The predicted octanol–water partition coefficient (Wildman–Crippen LogP) is 3.87. The van der Waals surface area contributed by atoms with Crippen LogP contribution in [0.3, 0.4) is 0 Å². The maximum absolute atomic E-state index is 12.1. The minimum atomic E-state index is -0.561. The summed E-state index contributed by atoms with van der Waals surface area (Å²) in [5, 5.41) is 3.45. The van der Waals surface area contributed by atoms with Crippen molar-refractivity contribution in [2.75, 3.05) is 13.6 Å². The molecule has 0 saturated carbocycles. The van der Waals surface area contributed by atoms with Crippen LogP contribution in [-0.2, 0) is 16.1 Å². The van der Waals surface area contributed by atoms with E-state index in [0.717, 1.165) is 5.56 Å². The molecule has 0 saturated heterocycles. The average molecular weight is 361 g/mol. The SMILES string of the molecule is CN(Cc1cccc(Cl)c1Cl)C(=O)CCNC(=O)OC(C)(C)C. The molecular formula is C16H22Cl2N2O3. The van der Waals surface area contributed by atoms with Gasteiger partial charge in [-0.3, -0.25) is 4.79 Å². The second-order valence-corrected chi connectivity index (χ2v) is 6.93. The normalized spacial score (nSPS) is 11.0. The zero-order chi connectivity index (χ0) is 17.6. The number of carbonyl (C=O) groups is 2. The highest BCUT2D eigenvalue weighted by molar-refractivity contribution is 6.42. The highest BCUT2D eigenvalue weighted by Crippen LogP contribution is 2.26. The van der Waals surface area contributed by atoms with Crippen molar-refractivity contribution < 1.29 is 14.3 Å². The van der Waals surface area contributed by atoms with E-state index in [1.165, 1.54) is 4.90 Å². The molecule has 1 rings (SSSR count). The molecule has 0 fully saturated rings. The fourth-order valence-electron chi connectivity index (χ4n) is 1.79. The summed E-state index contributed by atoms with van der Waals surface area (Å²) in [6, 6.07) is 5.29. The summed E-state index contributed by atoms with van der Waals surface area (Å²) in [5.41, 5.74) is 0.212. The second-order valence-electron chi connectivity index (χ2n) is 6.14. The van der Waals surface area contributed by atoms with Crippen LogP contribution in [-0.4, -0.2) is 36.1 Å². The molecule has 7 heteroatoms. The quantitative estimate of drug-likeness (QED) is 0.866. The van der Waals surface area contributed by atoms with Gasteiger partial charge in [0.25, 0.3) is 0 Å². The molecule has 0 aromatic heterocycles. The van der Waals surface area contributed by atoms with E-state index in [-0.39, 0.29) is 18.9 Å². The van der Waals surface area contributed by atoms with E-state index in [9.17, 15) is 9.59 Å². The van der Waals surface area contributed by atoms with E-state index >= 15 is 0 Å². The number of nitrogens with zero attached hydrogens (tertiary/aromatic N) is 1. The Morgan fingerprint density at radius 1 is 1.26 bits per heavy atom. The first-order chi connectivity index (χ1) is 10.6. The molecule has 0 aliphatic carbocycles. The molecular weight excluding hydrogens is 339 g/mol. The van der Waals surface area contributed by atoms with E-state index in [1.54, 1.807) is 40.0 Å². The minimum absolute atomic E-state index is 0.114. The molecule has 0 heterocycles. The van der Waals surface area contributed by atoms with Crippen LogP contribution in [0.15, 0.2) is 18.2 Å². The van der Waals surface area contributed by atoms with Crippen molar-refractivity contribution in [3.8, 4) is 0 Å². The van der Waals surface area contributed by atoms with Crippen molar-refractivity contribution >= 4 is 35.2 Å². The third-order valence-electron chi connectivity index (χ3n) is 2.87. The molecule has 0 unspecified atom stereocenters. The molecule has 0 bridgehead atoms. The number of ether oxygens (including phenoxy) is 1. The maximum atomic E-state index is 12.1. The molecule has 1 N–H and O–H groups in total. The molecule has 1 aromatic carbocycles. The largest absolute Gasteiger partial charge is 0.444 e. The Balaban J connectivity index is 2.43. The Morgan fingerprint density at radius 2 is 1.91 bits per heavy atom. The number of alkyl carbamates (subject to hydrolysis) is 1. The van der Waals surface area contributed by atoms with E-state index < -0.39 is 11.7 Å². The summed E-state index contributed by atoms with van der Waals surface area (Å²) >= 11 is 12.1. The molecule has 1 aromatic rings. The van der Waals surface area contributed by atoms with Gasteiger partial charge in [0, 0.05) is 26.6 Å². The van der Waals surface area contributed by atoms with Crippen LogP contribution in [0.25, 0.3) is 0 Å². The number of amides is 2. The molecule has 0 aliphatic rings. The molecule has 2 amide bonds. The van der Waals surface area contributed by atoms with Gasteiger partial charge in [-0.15, -0.1) is 0 Å². The lowest BCUT2D eigenvalue weighted by molar-refractivity contribution is -0.130. The number of rotatable bonds is 5. The van der Waals surface area contributed by atoms with Gasteiger partial charge in [0.05, 0.1) is 10.0 Å². The number of hydrogen-bond donors (Lipinski definition) is 1. The Kier molecular flexibility index (Phi) is 7.16. The Hall–Kier alpha value is -1.46. The summed E-state index contributed by atoms with van der Waals surface area (Å²) in [6.07, 6.45) is -0.362. The van der Waals surface area contributed by atoms with E-state index in [0.29, 0.717) is 16.6 Å². The lowest BCUT2D eigenvalue weighted by Gasteiger charge is -2.20. The first-order valence-electron chi connectivity index (χ1n) is 7.24. The van der Waals surface area contributed by atoms with Gasteiger partial charge in [-0.05, 0) is 32.4 Å². The third kappa shape index (κ3) is 7.10. The number of nitrogens with one attached hydrogen (secondary N) is 1. The Bertz CT molecular complexity index is 571. The van der Waals surface area contributed by atoms with Gasteiger partial charge in [-0.1, -0.05) is 35.3 Å². The molecule has 0 aliphatic heterocycles. The van der Waals surface area contributed by atoms with Crippen LogP contribution in [0, 0.1) is 0 Å². The zero-order valence-corrected chi connectivity index (χ0v) is 15.3. The zero-order valence-electron chi connectivity index (χ0n) is 13.8. The van der Waals surface area contributed by atoms with Gasteiger partial charge >= 0.3 is 6.09 Å². The molecule has 23 heavy (non-hydrogen) atoms. The summed E-state index contributed by atoms with van der Waals surface area (Å²) in [7, 11) is 1.67. The number of hydrogen-bond acceptors (Lipinski definition) is 3. The van der Waals surface area contributed by atoms with Gasteiger partial charge in [0.1, 0.15) is 5.60 Å². The van der Waals surface area contributed by atoms with Crippen molar-refractivity contribution in [1.82, 2.24) is 10.2 Å². The van der Waals surface area contributed by atoms with Crippen LogP contribution < -0.4 is 5.32 Å². The number of halogens is 2. The Labute approximate surface area is 146 Å². The highest BCUT2D eigenvalue weighted by Gasteiger charge is 2.17. The van der Waals surface area contributed by atoms with Crippen LogP contribution in [0.4, 0.5) is 4.79 Å². The van der Waals surface area contributed by atoms with Gasteiger partial charge < -0.3 is 15.0 Å². The van der Waals surface area contributed by atoms with Crippen LogP contribution in [0.2, 0.25) is 10.0 Å². The molecule has 5 nitrogen and oxygen atoms in total. The van der Waals surface area contributed by atoms with Crippen molar-refractivity contribution in [2.24, 2.45) is 0 Å². The van der Waals surface area contributed by atoms with Gasteiger partial charge in [0.15, 0.2) is 0 Å². The van der Waals surface area contributed by atoms with E-state index in [4.69, 9.17) is 27.9 Å². The molecule has 128 valence electrons. The fraction of sp³-hybridized carbons (Fsp3) is 0.500. The third-order valence-corrected chi connectivity index (χ3v) is 3.73. The van der Waals surface area contributed by atoms with Crippen LogP contribution in [0.5, 0.6) is 0 Å². The molecule has 0 spiro atoms. The van der Waals surface area contributed by atoms with Crippen molar-refractivity contribution in [1.29, 1.82) is 0 Å². The average Bonchev–Trinajstić information content (AvgIpc) is 2.41. The van der Waals surface area contributed by atoms with E-state index in [1.807, 2.05) is 6.07 Å². The number of benzene rings is 1. The molecule has 0 atom stereocenters. The maximum Gasteiger partial charge on any atom is 0.407 e. The lowest BCUT2D eigenvalue weighted by Crippen LogP contribution is -2.35. The van der Waals surface area contributed by atoms with Crippen LogP contribution >= 0.6 is 23.2 Å². The Morgan fingerprint density at radius 3 is 2.52 bits per heavy atom. The fourth-order valence-corrected chi connectivity index (χ4v) is 2.17. The monoisotopic (exact) mass is 360 g/mol. The molecule has 0 radical (unpaired) electrons. The summed E-state index contributed by atoms with van der Waals surface area (Å²) in [4.78, 5) is 25.1. The van der Waals surface area contributed by atoms with Gasteiger partial charge in [-0.25, -0.2) is 4.79 Å². The smallest absolute Gasteiger partial charge is 0.407 e. The first-order valence-corrected chi connectivity index (χ1v) is 7.99. The highest BCUT2D eigenvalue weighted by atomic mass is 35.5. The first kappa shape index (κ1) is 19.6. The predicted molar refractivity (Wildman–Crippen MR) is 91.8 cm³/mol. The van der Waals surface area contributed by atoms with Crippen molar-refractivity contribution in [3.05, 3.63) is 33.8 Å². The van der Waals surface area contributed by atoms with Crippen molar-refractivity contribution in [3.63, 3.8) is 0 Å². The topological polar surface area (TPSA) is 58.6 Å². The summed E-state index contributed by atoms with van der Waals surface area (Å²) < 4.78 is 5.10.